The number of Topliss-reactive ketones (excluding diaryl/α,β-unsaturated/α-hetero) is 1. The monoisotopic (exact) mass is 626 g/mol. The summed E-state index contributed by atoms with van der Waals surface area (Å²) in [6.45, 7) is 0. The quantitative estimate of drug-likeness (QED) is 0.0952. The lowest BCUT2D eigenvalue weighted by Crippen LogP contribution is -2.29. The molecule has 16 heteroatoms. The maximum Gasteiger partial charge on any atom is 0.301 e. The van der Waals surface area contributed by atoms with E-state index < -0.39 is 48.7 Å². The Morgan fingerprint density at radius 2 is 1.60 bits per heavy atom. The van der Waals surface area contributed by atoms with Crippen molar-refractivity contribution < 1.29 is 33.0 Å². The lowest BCUT2D eigenvalue weighted by molar-refractivity contribution is -0.385. The number of carbonyl (C=O) groups excluding carboxylic acids is 2. The molecule has 1 N–H and O–H groups in total. The van der Waals surface area contributed by atoms with E-state index in [0.29, 0.717) is 16.4 Å². The molecule has 0 saturated carbocycles. The number of rotatable bonds is 7. The SMILES string of the molecule is O=C1C(=O)N(c2ncc(S(=O)(=O)c3ccc([N+](=O)[O-])cc3)s2)C(c2cccc([N+](=O)[O-])c2)/C1=C(/O)c1ccc(Cl)cc1. The first-order chi connectivity index (χ1) is 19.9. The minimum atomic E-state index is -4.25. The van der Waals surface area contributed by atoms with Crippen molar-refractivity contribution in [2.45, 2.75) is 15.1 Å². The molecule has 0 aliphatic carbocycles. The van der Waals surface area contributed by atoms with E-state index >= 15 is 0 Å². The van der Waals surface area contributed by atoms with Crippen molar-refractivity contribution >= 4 is 66.7 Å². The maximum absolute atomic E-state index is 13.4. The number of benzene rings is 3. The number of thiazole rings is 1. The molecular weight excluding hydrogens is 612 g/mol. The predicted molar refractivity (Wildman–Crippen MR) is 150 cm³/mol. The number of carbonyl (C=O) groups is 2. The Hall–Kier alpha value is -4.99. The fourth-order valence-electron chi connectivity index (χ4n) is 4.27. The molecule has 5 rings (SSSR count). The molecule has 4 aromatic rings. The molecule has 1 amide bonds. The van der Waals surface area contributed by atoms with Crippen LogP contribution in [0.15, 0.2) is 93.7 Å². The van der Waals surface area contributed by atoms with Crippen molar-refractivity contribution in [1.82, 2.24) is 4.98 Å². The van der Waals surface area contributed by atoms with Gasteiger partial charge in [0, 0.05) is 34.9 Å². The summed E-state index contributed by atoms with van der Waals surface area (Å²) < 4.78 is 26.1. The molecule has 1 unspecified atom stereocenters. The Bertz CT molecular complexity index is 1920. The minimum absolute atomic E-state index is 0.0777. The number of aliphatic hydroxyl groups is 1. The van der Waals surface area contributed by atoms with Crippen LogP contribution in [-0.2, 0) is 19.4 Å². The number of nitrogens with zero attached hydrogens (tertiary/aromatic N) is 4. The topological polar surface area (TPSA) is 191 Å². The molecule has 0 bridgehead atoms. The summed E-state index contributed by atoms with van der Waals surface area (Å²) in [5, 5.41) is 33.7. The first-order valence-corrected chi connectivity index (χ1v) is 14.3. The van der Waals surface area contributed by atoms with Gasteiger partial charge >= 0.3 is 5.91 Å². The third-order valence-corrected chi connectivity index (χ3v) is 9.74. The Morgan fingerprint density at radius 3 is 2.21 bits per heavy atom. The van der Waals surface area contributed by atoms with Crippen molar-refractivity contribution in [3.63, 3.8) is 0 Å². The number of aliphatic hydroxyl groups excluding tert-OH is 1. The third-order valence-electron chi connectivity index (χ3n) is 6.26. The Kier molecular flexibility index (Phi) is 7.32. The van der Waals surface area contributed by atoms with E-state index in [1.807, 2.05) is 0 Å². The van der Waals surface area contributed by atoms with Gasteiger partial charge in [-0.3, -0.25) is 34.7 Å². The van der Waals surface area contributed by atoms with E-state index in [-0.39, 0.29) is 36.7 Å². The molecule has 1 aliphatic rings. The number of ketones is 1. The summed E-state index contributed by atoms with van der Waals surface area (Å²) >= 11 is 6.46. The second-order valence-corrected chi connectivity index (χ2v) is 12.4. The van der Waals surface area contributed by atoms with E-state index in [4.69, 9.17) is 11.6 Å². The number of halogens is 1. The number of hydrogen-bond donors (Lipinski definition) is 1. The summed E-state index contributed by atoms with van der Waals surface area (Å²) in [6.07, 6.45) is 0.958. The lowest BCUT2D eigenvalue weighted by atomic mass is 9.95. The molecule has 13 nitrogen and oxygen atoms in total. The highest BCUT2D eigenvalue weighted by atomic mass is 35.5. The molecule has 1 saturated heterocycles. The summed E-state index contributed by atoms with van der Waals surface area (Å²) in [6, 6.07) is 13.5. The maximum atomic E-state index is 13.4. The number of nitro groups is 2. The number of nitro benzene ring substituents is 2. The van der Waals surface area contributed by atoms with Crippen LogP contribution < -0.4 is 4.90 Å². The molecule has 1 aliphatic heterocycles. The smallest absolute Gasteiger partial charge is 0.301 e. The Labute approximate surface area is 245 Å². The van der Waals surface area contributed by atoms with Crippen molar-refractivity contribution in [2.75, 3.05) is 4.90 Å². The van der Waals surface area contributed by atoms with Gasteiger partial charge in [0.2, 0.25) is 9.84 Å². The zero-order valence-corrected chi connectivity index (χ0v) is 23.2. The number of amides is 1. The van der Waals surface area contributed by atoms with Crippen molar-refractivity contribution in [1.29, 1.82) is 0 Å². The van der Waals surface area contributed by atoms with E-state index in [1.54, 1.807) is 0 Å². The average Bonchev–Trinajstić information content (AvgIpc) is 3.56. The van der Waals surface area contributed by atoms with Gasteiger partial charge in [-0.2, -0.15) is 0 Å². The molecule has 2 heterocycles. The average molecular weight is 627 g/mol. The number of sulfone groups is 1. The molecule has 0 radical (unpaired) electrons. The fraction of sp³-hybridized carbons (Fsp3) is 0.0385. The minimum Gasteiger partial charge on any atom is -0.507 e. The largest absolute Gasteiger partial charge is 0.507 e. The third kappa shape index (κ3) is 5.00. The number of anilines is 1. The van der Waals surface area contributed by atoms with Gasteiger partial charge in [-0.1, -0.05) is 35.1 Å². The predicted octanol–water partition coefficient (Wildman–Crippen LogP) is 5.07. The van der Waals surface area contributed by atoms with Crippen LogP contribution >= 0.6 is 22.9 Å². The van der Waals surface area contributed by atoms with Gasteiger partial charge in [-0.25, -0.2) is 13.4 Å². The summed E-state index contributed by atoms with van der Waals surface area (Å²) in [4.78, 5) is 52.4. The lowest BCUT2D eigenvalue weighted by Gasteiger charge is -2.22. The van der Waals surface area contributed by atoms with E-state index in [2.05, 4.69) is 4.98 Å². The first-order valence-electron chi connectivity index (χ1n) is 11.7. The van der Waals surface area contributed by atoms with Gasteiger partial charge < -0.3 is 5.11 Å². The van der Waals surface area contributed by atoms with E-state index in [1.165, 1.54) is 42.5 Å². The zero-order valence-electron chi connectivity index (χ0n) is 20.8. The van der Waals surface area contributed by atoms with Gasteiger partial charge in [0.15, 0.2) is 5.13 Å². The highest BCUT2D eigenvalue weighted by Crippen LogP contribution is 2.45. The van der Waals surface area contributed by atoms with E-state index in [9.17, 15) is 43.3 Å². The summed E-state index contributed by atoms with van der Waals surface area (Å²) in [5.74, 6) is -2.87. The van der Waals surface area contributed by atoms with Crippen molar-refractivity contribution in [3.8, 4) is 0 Å². The van der Waals surface area contributed by atoms with Crippen molar-refractivity contribution in [3.05, 3.63) is 121 Å². The second-order valence-electron chi connectivity index (χ2n) is 8.74. The zero-order chi connectivity index (χ0) is 30.3. The van der Waals surface area contributed by atoms with Crippen LogP contribution in [0.5, 0.6) is 0 Å². The molecule has 212 valence electrons. The molecule has 1 fully saturated rings. The fourth-order valence-corrected chi connectivity index (χ4v) is 6.94. The van der Waals surface area contributed by atoms with Gasteiger partial charge in [0.25, 0.3) is 17.2 Å². The highest BCUT2D eigenvalue weighted by Gasteiger charge is 2.48. The molecule has 1 atom stereocenters. The van der Waals surface area contributed by atoms with Gasteiger partial charge in [0.05, 0.1) is 32.6 Å². The van der Waals surface area contributed by atoms with Crippen LogP contribution in [0.4, 0.5) is 16.5 Å². The van der Waals surface area contributed by atoms with Crippen LogP contribution in [0.3, 0.4) is 0 Å². The first kappa shape index (κ1) is 28.5. The van der Waals surface area contributed by atoms with Crippen LogP contribution in [0.25, 0.3) is 5.76 Å². The number of aromatic nitrogens is 1. The molecule has 42 heavy (non-hydrogen) atoms. The highest BCUT2D eigenvalue weighted by molar-refractivity contribution is 7.93. The van der Waals surface area contributed by atoms with Crippen LogP contribution in [0.2, 0.25) is 5.02 Å². The molecule has 3 aromatic carbocycles. The molecular formula is C26H15ClN4O9S2. The van der Waals surface area contributed by atoms with Crippen LogP contribution in [0.1, 0.15) is 17.2 Å². The van der Waals surface area contributed by atoms with Gasteiger partial charge in [-0.05, 0) is 42.0 Å². The Balaban J connectivity index is 1.65. The molecule has 1 aromatic heterocycles. The van der Waals surface area contributed by atoms with Crippen molar-refractivity contribution in [2.24, 2.45) is 0 Å². The number of non-ortho nitro benzene ring substituents is 2. The van der Waals surface area contributed by atoms with Gasteiger partial charge in [0.1, 0.15) is 9.97 Å². The van der Waals surface area contributed by atoms with E-state index in [0.717, 1.165) is 41.4 Å². The van der Waals surface area contributed by atoms with Crippen LogP contribution in [0, 0.1) is 20.2 Å². The Morgan fingerprint density at radius 1 is 0.952 bits per heavy atom. The normalized spacial score (nSPS) is 16.5. The standard InChI is InChI=1S/C26H15ClN4O9S2/c27-16-6-4-14(5-7-16)23(32)21-22(15-2-1-3-18(12-15)31(37)38)29(25(34)24(21)33)26-28-13-20(41-26)42(39,40)19-10-8-17(9-11-19)30(35)36/h1-13,22,32H/b23-21-. The van der Waals surface area contributed by atoms with Crippen LogP contribution in [-0.4, -0.2) is 40.0 Å². The summed E-state index contributed by atoms with van der Waals surface area (Å²) in [7, 11) is -4.25. The molecule has 0 spiro atoms. The number of hydrogen-bond acceptors (Lipinski definition) is 11. The van der Waals surface area contributed by atoms with Gasteiger partial charge in [-0.15, -0.1) is 0 Å². The summed E-state index contributed by atoms with van der Waals surface area (Å²) in [5.41, 5.74) is -0.870. The second kappa shape index (κ2) is 10.8.